The van der Waals surface area contributed by atoms with E-state index in [9.17, 15) is 4.79 Å². The molecule has 1 aromatic heterocycles. The van der Waals surface area contributed by atoms with Crippen LogP contribution in [0.2, 0.25) is 0 Å². The Morgan fingerprint density at radius 1 is 1.38 bits per heavy atom. The molecule has 21 heavy (non-hydrogen) atoms. The van der Waals surface area contributed by atoms with Crippen LogP contribution in [0, 0.1) is 0 Å². The lowest BCUT2D eigenvalue weighted by Crippen LogP contribution is -2.60. The minimum atomic E-state index is 0.206. The zero-order valence-electron chi connectivity index (χ0n) is 12.4. The molecule has 0 spiro atoms. The van der Waals surface area contributed by atoms with E-state index in [0.29, 0.717) is 26.0 Å². The van der Waals surface area contributed by atoms with Gasteiger partial charge in [-0.05, 0) is 25.5 Å². The number of carbonyl (C=O) groups excluding carboxylic acids is 1. The Morgan fingerprint density at radius 2 is 2.19 bits per heavy atom. The minimum Gasteiger partial charge on any atom is -0.374 e. The third-order valence-electron chi connectivity index (χ3n) is 4.35. The summed E-state index contributed by atoms with van der Waals surface area (Å²) >= 11 is 0. The molecule has 6 nitrogen and oxygen atoms in total. The van der Waals surface area contributed by atoms with Crippen LogP contribution >= 0.6 is 0 Å². The van der Waals surface area contributed by atoms with Gasteiger partial charge in [0.25, 0.3) is 0 Å². The first-order chi connectivity index (χ1) is 10.2. The van der Waals surface area contributed by atoms with Crippen molar-refractivity contribution in [2.24, 2.45) is 0 Å². The molecular formula is C15H22N4O2. The second-order valence-corrected chi connectivity index (χ2v) is 5.86. The Labute approximate surface area is 125 Å². The van der Waals surface area contributed by atoms with Gasteiger partial charge in [-0.1, -0.05) is 0 Å². The number of nitrogens with zero attached hydrogens (tertiary/aromatic N) is 4. The number of aryl methyl sites for hydroxylation is 1. The summed E-state index contributed by atoms with van der Waals surface area (Å²) in [7, 11) is 2.11. The van der Waals surface area contributed by atoms with Crippen LogP contribution in [0.5, 0.6) is 0 Å². The topological polar surface area (TPSA) is 58.6 Å². The lowest BCUT2D eigenvalue weighted by molar-refractivity contribution is -0.151. The first kappa shape index (κ1) is 14.4. The van der Waals surface area contributed by atoms with E-state index in [1.807, 2.05) is 4.90 Å². The molecule has 2 fully saturated rings. The zero-order valence-corrected chi connectivity index (χ0v) is 12.4. The molecule has 6 heteroatoms. The van der Waals surface area contributed by atoms with Crippen LogP contribution in [0.15, 0.2) is 18.7 Å². The van der Waals surface area contributed by atoms with Crippen molar-refractivity contribution < 1.29 is 9.53 Å². The maximum Gasteiger partial charge on any atom is 0.223 e. The fourth-order valence-corrected chi connectivity index (χ4v) is 3.19. The molecular weight excluding hydrogens is 268 g/mol. The van der Waals surface area contributed by atoms with E-state index in [1.54, 1.807) is 12.4 Å². The van der Waals surface area contributed by atoms with E-state index in [2.05, 4.69) is 21.9 Å². The normalized spacial score (nSPS) is 26.4. The highest BCUT2D eigenvalue weighted by molar-refractivity contribution is 5.77. The summed E-state index contributed by atoms with van der Waals surface area (Å²) in [6, 6.07) is 0.206. The predicted octanol–water partition coefficient (Wildman–Crippen LogP) is 0.341. The number of amides is 1. The second-order valence-electron chi connectivity index (χ2n) is 5.86. The molecule has 0 saturated carbocycles. The van der Waals surface area contributed by atoms with E-state index in [4.69, 9.17) is 4.74 Å². The van der Waals surface area contributed by atoms with Crippen molar-refractivity contribution in [3.05, 3.63) is 24.3 Å². The third-order valence-corrected chi connectivity index (χ3v) is 4.35. The number of ether oxygens (including phenoxy) is 1. The van der Waals surface area contributed by atoms with Gasteiger partial charge in [-0.25, -0.2) is 9.97 Å². The van der Waals surface area contributed by atoms with E-state index in [1.165, 1.54) is 6.33 Å². The van der Waals surface area contributed by atoms with Crippen LogP contribution in [-0.2, 0) is 16.0 Å². The maximum absolute atomic E-state index is 12.5. The number of fused-ring (bicyclic) bond motifs is 1. The van der Waals surface area contributed by atoms with E-state index >= 15 is 0 Å². The van der Waals surface area contributed by atoms with Gasteiger partial charge in [-0.3, -0.25) is 4.79 Å². The number of hydrogen-bond acceptors (Lipinski definition) is 5. The molecule has 1 amide bonds. The number of morpholine rings is 1. The molecule has 2 aliphatic heterocycles. The van der Waals surface area contributed by atoms with Crippen LogP contribution in [-0.4, -0.2) is 71.1 Å². The SMILES string of the molecule is CN1CCC2OCCN(C(=O)CCc3cncnc3)C2C1. The van der Waals surface area contributed by atoms with Crippen LogP contribution in [0.4, 0.5) is 0 Å². The van der Waals surface area contributed by atoms with Crippen molar-refractivity contribution in [2.75, 3.05) is 33.3 Å². The average molecular weight is 290 g/mol. The summed E-state index contributed by atoms with van der Waals surface area (Å²) in [6.45, 7) is 3.32. The smallest absolute Gasteiger partial charge is 0.223 e. The Hall–Kier alpha value is -1.53. The molecule has 0 bridgehead atoms. The number of likely N-dealkylation sites (N-methyl/N-ethyl adjacent to an activating group) is 1. The molecule has 0 aliphatic carbocycles. The van der Waals surface area contributed by atoms with Crippen molar-refractivity contribution >= 4 is 5.91 Å². The van der Waals surface area contributed by atoms with Gasteiger partial charge in [0.15, 0.2) is 0 Å². The van der Waals surface area contributed by atoms with Gasteiger partial charge in [0, 0.05) is 38.4 Å². The molecule has 0 radical (unpaired) electrons. The van der Waals surface area contributed by atoms with Crippen molar-refractivity contribution in [3.8, 4) is 0 Å². The van der Waals surface area contributed by atoms with Gasteiger partial charge in [0.05, 0.1) is 18.8 Å². The summed E-state index contributed by atoms with van der Waals surface area (Å²) < 4.78 is 5.83. The largest absolute Gasteiger partial charge is 0.374 e. The van der Waals surface area contributed by atoms with Crippen molar-refractivity contribution in [1.82, 2.24) is 19.8 Å². The first-order valence-corrected chi connectivity index (χ1v) is 7.57. The first-order valence-electron chi connectivity index (χ1n) is 7.57. The number of hydrogen-bond donors (Lipinski definition) is 0. The van der Waals surface area contributed by atoms with Crippen molar-refractivity contribution in [3.63, 3.8) is 0 Å². The lowest BCUT2D eigenvalue weighted by Gasteiger charge is -2.46. The highest BCUT2D eigenvalue weighted by Gasteiger charge is 2.37. The Morgan fingerprint density at radius 3 is 3.00 bits per heavy atom. The third kappa shape index (κ3) is 3.39. The molecule has 2 unspecified atom stereocenters. The molecule has 1 aromatic rings. The monoisotopic (exact) mass is 290 g/mol. The Bertz CT molecular complexity index is 482. The average Bonchev–Trinajstić information content (AvgIpc) is 2.53. The van der Waals surface area contributed by atoms with E-state index in [0.717, 1.165) is 25.1 Å². The van der Waals surface area contributed by atoms with E-state index < -0.39 is 0 Å². The quantitative estimate of drug-likeness (QED) is 0.803. The van der Waals surface area contributed by atoms with Gasteiger partial charge >= 0.3 is 0 Å². The molecule has 3 heterocycles. The van der Waals surface area contributed by atoms with Gasteiger partial charge in [0.2, 0.25) is 5.91 Å². The minimum absolute atomic E-state index is 0.206. The second kappa shape index (κ2) is 6.49. The highest BCUT2D eigenvalue weighted by Crippen LogP contribution is 2.23. The predicted molar refractivity (Wildman–Crippen MR) is 77.7 cm³/mol. The van der Waals surface area contributed by atoms with Crippen LogP contribution in [0.1, 0.15) is 18.4 Å². The van der Waals surface area contributed by atoms with Gasteiger partial charge < -0.3 is 14.5 Å². The Kier molecular flexibility index (Phi) is 4.45. The van der Waals surface area contributed by atoms with Crippen LogP contribution in [0.25, 0.3) is 0 Å². The zero-order chi connectivity index (χ0) is 14.7. The van der Waals surface area contributed by atoms with Crippen LogP contribution < -0.4 is 0 Å². The fourth-order valence-electron chi connectivity index (χ4n) is 3.19. The number of likely N-dealkylation sites (tertiary alicyclic amines) is 1. The van der Waals surface area contributed by atoms with Gasteiger partial charge in [-0.2, -0.15) is 0 Å². The standard InChI is InChI=1S/C15H22N4O2/c1-18-5-4-14-13(10-18)19(6-7-21-14)15(20)3-2-12-8-16-11-17-9-12/h8-9,11,13-14H,2-7,10H2,1H3. The van der Waals surface area contributed by atoms with E-state index in [-0.39, 0.29) is 18.1 Å². The van der Waals surface area contributed by atoms with Crippen molar-refractivity contribution in [1.29, 1.82) is 0 Å². The molecule has 2 aliphatic rings. The fraction of sp³-hybridized carbons (Fsp3) is 0.667. The Balaban J connectivity index is 1.60. The summed E-state index contributed by atoms with van der Waals surface area (Å²) in [4.78, 5) is 24.8. The number of aromatic nitrogens is 2. The number of piperidine rings is 1. The number of carbonyl (C=O) groups is 1. The summed E-state index contributed by atoms with van der Waals surface area (Å²) in [5.74, 6) is 0.215. The molecule has 3 rings (SSSR count). The van der Waals surface area contributed by atoms with Gasteiger partial charge in [-0.15, -0.1) is 0 Å². The molecule has 114 valence electrons. The maximum atomic E-state index is 12.5. The molecule has 0 aromatic carbocycles. The van der Waals surface area contributed by atoms with Crippen LogP contribution in [0.3, 0.4) is 0 Å². The summed E-state index contributed by atoms with van der Waals surface area (Å²) in [5, 5.41) is 0. The highest BCUT2D eigenvalue weighted by atomic mass is 16.5. The number of rotatable bonds is 3. The van der Waals surface area contributed by atoms with Crippen molar-refractivity contribution in [2.45, 2.75) is 31.4 Å². The molecule has 2 saturated heterocycles. The lowest BCUT2D eigenvalue weighted by atomic mass is 9.98. The molecule has 2 atom stereocenters. The summed E-state index contributed by atoms with van der Waals surface area (Å²) in [5.41, 5.74) is 1.01. The van der Waals surface area contributed by atoms with Gasteiger partial charge in [0.1, 0.15) is 6.33 Å². The molecule has 0 N–H and O–H groups in total. The summed E-state index contributed by atoms with van der Waals surface area (Å²) in [6.07, 6.45) is 7.49.